The number of hydrogen-bond acceptors (Lipinski definition) is 3. The lowest BCUT2D eigenvalue weighted by Gasteiger charge is -2.57. The zero-order valence-corrected chi connectivity index (χ0v) is 18.1. The second kappa shape index (κ2) is 7.16. The van der Waals surface area contributed by atoms with E-state index in [1.54, 1.807) is 0 Å². The van der Waals surface area contributed by atoms with E-state index >= 15 is 0 Å². The van der Waals surface area contributed by atoms with Crippen molar-refractivity contribution in [2.45, 2.75) is 84.7 Å². The van der Waals surface area contributed by atoms with E-state index in [1.807, 2.05) is 26.8 Å². The van der Waals surface area contributed by atoms with Gasteiger partial charge in [-0.2, -0.15) is 0 Å². The molecule has 3 aliphatic carbocycles. The SMILES string of the molecule is CC(C)(C)NC(=O)[C@H]1CC[C@H]2[C@@H]3CC[C@@H](N)[C@](C)(/C=C/C(=O)O)[C@H]3CC[C@]12C. The van der Waals surface area contributed by atoms with Crippen molar-refractivity contribution in [1.29, 1.82) is 0 Å². The molecule has 0 aromatic rings. The summed E-state index contributed by atoms with van der Waals surface area (Å²) >= 11 is 0. The van der Waals surface area contributed by atoms with Gasteiger partial charge in [0.2, 0.25) is 5.91 Å². The lowest BCUT2D eigenvalue weighted by molar-refractivity contribution is -0.134. The van der Waals surface area contributed by atoms with Crippen LogP contribution in [0, 0.1) is 34.5 Å². The van der Waals surface area contributed by atoms with Gasteiger partial charge in [0.05, 0.1) is 0 Å². The van der Waals surface area contributed by atoms with Crippen molar-refractivity contribution in [3.63, 3.8) is 0 Å². The van der Waals surface area contributed by atoms with Crippen LogP contribution in [0.15, 0.2) is 12.2 Å². The summed E-state index contributed by atoms with van der Waals surface area (Å²) in [6, 6.07) is -0.00454. The van der Waals surface area contributed by atoms with Gasteiger partial charge in [0.25, 0.3) is 0 Å². The van der Waals surface area contributed by atoms with Crippen molar-refractivity contribution >= 4 is 11.9 Å². The van der Waals surface area contributed by atoms with Crippen molar-refractivity contribution in [2.24, 2.45) is 40.2 Å². The Balaban J connectivity index is 1.85. The Morgan fingerprint density at radius 1 is 1.07 bits per heavy atom. The maximum Gasteiger partial charge on any atom is 0.327 e. The van der Waals surface area contributed by atoms with Gasteiger partial charge in [-0.25, -0.2) is 4.79 Å². The first-order valence-corrected chi connectivity index (χ1v) is 10.9. The van der Waals surface area contributed by atoms with Crippen molar-refractivity contribution in [3.8, 4) is 0 Å². The highest BCUT2D eigenvalue weighted by Gasteiger charge is 2.60. The van der Waals surface area contributed by atoms with Crippen LogP contribution >= 0.6 is 0 Å². The molecule has 3 rings (SSSR count). The van der Waals surface area contributed by atoms with Crippen LogP contribution < -0.4 is 11.1 Å². The van der Waals surface area contributed by atoms with E-state index in [1.165, 1.54) is 6.08 Å². The number of carboxylic acids is 1. The third kappa shape index (κ3) is 3.62. The molecule has 0 saturated heterocycles. The van der Waals surface area contributed by atoms with Crippen LogP contribution in [-0.4, -0.2) is 28.6 Å². The quantitative estimate of drug-likeness (QED) is 0.640. The van der Waals surface area contributed by atoms with Gasteiger partial charge >= 0.3 is 5.97 Å². The Morgan fingerprint density at radius 2 is 1.75 bits per heavy atom. The molecule has 5 heteroatoms. The average molecular weight is 391 g/mol. The number of rotatable bonds is 3. The van der Waals surface area contributed by atoms with Crippen LogP contribution in [0.4, 0.5) is 0 Å². The van der Waals surface area contributed by atoms with E-state index in [4.69, 9.17) is 10.8 Å². The molecule has 0 heterocycles. The molecule has 0 radical (unpaired) electrons. The van der Waals surface area contributed by atoms with Gasteiger partial charge in [0.15, 0.2) is 0 Å². The Morgan fingerprint density at radius 3 is 2.36 bits per heavy atom. The van der Waals surface area contributed by atoms with E-state index in [0.29, 0.717) is 17.8 Å². The molecule has 1 amide bonds. The number of nitrogens with one attached hydrogen (secondary N) is 1. The third-order valence-corrected chi connectivity index (χ3v) is 8.25. The smallest absolute Gasteiger partial charge is 0.327 e. The molecule has 28 heavy (non-hydrogen) atoms. The maximum absolute atomic E-state index is 13.0. The summed E-state index contributed by atoms with van der Waals surface area (Å²) in [5, 5.41) is 12.4. The molecule has 158 valence electrons. The van der Waals surface area contributed by atoms with Crippen molar-refractivity contribution < 1.29 is 14.7 Å². The van der Waals surface area contributed by atoms with Gasteiger partial charge in [-0.3, -0.25) is 4.79 Å². The highest BCUT2D eigenvalue weighted by molar-refractivity contribution is 5.81. The molecule has 0 aromatic carbocycles. The largest absolute Gasteiger partial charge is 0.478 e. The van der Waals surface area contributed by atoms with E-state index in [-0.39, 0.29) is 34.2 Å². The fourth-order valence-corrected chi connectivity index (χ4v) is 6.81. The number of aliphatic carboxylic acids is 1. The summed E-state index contributed by atoms with van der Waals surface area (Å²) in [6.45, 7) is 10.6. The normalized spacial score (nSPS) is 43.4. The standard InChI is InChI=1S/C23H38N2O3/c1-21(2,3)25-20(28)17-8-7-15-14-6-9-18(24)23(5,13-11-19(26)27)16(14)10-12-22(15,17)4/h11,13-18H,6-10,12,24H2,1-5H3,(H,25,28)(H,26,27)/b13-11+/t14-,15-,16-,17+,18+,22-,23+/m0/s1. The minimum atomic E-state index is -0.907. The fraction of sp³-hybridized carbons (Fsp3) is 0.826. The molecular weight excluding hydrogens is 352 g/mol. The third-order valence-electron chi connectivity index (χ3n) is 8.25. The zero-order chi connectivity index (χ0) is 20.9. The topological polar surface area (TPSA) is 92.4 Å². The van der Waals surface area contributed by atoms with E-state index in [0.717, 1.165) is 38.5 Å². The summed E-state index contributed by atoms with van der Waals surface area (Å²) in [5.41, 5.74) is 6.06. The molecule has 0 unspecified atom stereocenters. The number of nitrogens with two attached hydrogens (primary N) is 1. The summed E-state index contributed by atoms with van der Waals surface area (Å²) in [4.78, 5) is 24.2. The molecule has 0 bridgehead atoms. The summed E-state index contributed by atoms with van der Waals surface area (Å²) in [7, 11) is 0. The van der Waals surface area contributed by atoms with Gasteiger partial charge < -0.3 is 16.2 Å². The van der Waals surface area contributed by atoms with Crippen LogP contribution in [0.1, 0.15) is 73.1 Å². The number of carbonyl (C=O) groups excluding carboxylic acids is 1. The van der Waals surface area contributed by atoms with Gasteiger partial charge in [0.1, 0.15) is 0 Å². The second-order valence-corrected chi connectivity index (χ2v) is 11.0. The highest BCUT2D eigenvalue weighted by Crippen LogP contribution is 2.64. The first kappa shape index (κ1) is 21.4. The van der Waals surface area contributed by atoms with Crippen LogP contribution in [0.2, 0.25) is 0 Å². The number of fused-ring (bicyclic) bond motifs is 3. The van der Waals surface area contributed by atoms with Gasteiger partial charge in [-0.1, -0.05) is 19.9 Å². The highest BCUT2D eigenvalue weighted by atomic mass is 16.4. The number of carboxylic acid groups (broad SMARTS) is 1. The van der Waals surface area contributed by atoms with E-state index in [9.17, 15) is 9.59 Å². The number of amides is 1. The molecule has 0 aromatic heterocycles. The zero-order valence-electron chi connectivity index (χ0n) is 18.1. The predicted molar refractivity (Wildman–Crippen MR) is 111 cm³/mol. The molecule has 0 spiro atoms. The van der Waals surface area contributed by atoms with E-state index in [2.05, 4.69) is 19.2 Å². The summed E-state index contributed by atoms with van der Waals surface area (Å²) in [5.74, 6) is 0.817. The van der Waals surface area contributed by atoms with Crippen LogP contribution in [-0.2, 0) is 9.59 Å². The lowest BCUT2D eigenvalue weighted by atomic mass is 9.48. The van der Waals surface area contributed by atoms with Gasteiger partial charge in [0, 0.05) is 29.0 Å². The molecule has 3 saturated carbocycles. The average Bonchev–Trinajstić information content (AvgIpc) is 2.92. The Labute approximate surface area is 169 Å². The summed E-state index contributed by atoms with van der Waals surface area (Å²) < 4.78 is 0. The molecule has 3 fully saturated rings. The molecule has 7 atom stereocenters. The Bertz CT molecular complexity index is 667. The first-order chi connectivity index (χ1) is 12.9. The Hall–Kier alpha value is -1.36. The van der Waals surface area contributed by atoms with Crippen molar-refractivity contribution in [3.05, 3.63) is 12.2 Å². The number of hydrogen-bond donors (Lipinski definition) is 3. The first-order valence-electron chi connectivity index (χ1n) is 10.9. The minimum absolute atomic E-state index is 0.00454. The molecule has 5 nitrogen and oxygen atoms in total. The molecule has 3 aliphatic rings. The maximum atomic E-state index is 13.0. The predicted octanol–water partition coefficient (Wildman–Crippen LogP) is 3.73. The molecule has 0 aliphatic heterocycles. The van der Waals surface area contributed by atoms with Crippen LogP contribution in [0.25, 0.3) is 0 Å². The number of carbonyl (C=O) groups is 2. The van der Waals surface area contributed by atoms with Crippen LogP contribution in [0.5, 0.6) is 0 Å². The van der Waals surface area contributed by atoms with Crippen molar-refractivity contribution in [2.75, 3.05) is 0 Å². The Kier molecular flexibility index (Phi) is 5.46. The lowest BCUT2D eigenvalue weighted by Crippen LogP contribution is -2.56. The van der Waals surface area contributed by atoms with Gasteiger partial charge in [-0.15, -0.1) is 0 Å². The molecule has 4 N–H and O–H groups in total. The van der Waals surface area contributed by atoms with Crippen molar-refractivity contribution in [1.82, 2.24) is 5.32 Å². The van der Waals surface area contributed by atoms with E-state index < -0.39 is 5.97 Å². The summed E-state index contributed by atoms with van der Waals surface area (Å²) in [6.07, 6.45) is 9.25. The minimum Gasteiger partial charge on any atom is -0.478 e. The van der Waals surface area contributed by atoms with Crippen LogP contribution in [0.3, 0.4) is 0 Å². The van der Waals surface area contributed by atoms with Gasteiger partial charge in [-0.05, 0) is 82.5 Å². The fourth-order valence-electron chi connectivity index (χ4n) is 6.81. The monoisotopic (exact) mass is 390 g/mol. The molecular formula is C23H38N2O3. The second-order valence-electron chi connectivity index (χ2n) is 11.0.